The lowest BCUT2D eigenvalue weighted by Gasteiger charge is -2.46. The molecule has 2 saturated heterocycles. The summed E-state index contributed by atoms with van der Waals surface area (Å²) in [5.74, 6) is 0. The lowest BCUT2D eigenvalue weighted by molar-refractivity contribution is -0.115. The SMILES string of the molecule is C[C@@H](O)/C=C/[C@@]12O[C@@H](CC1(C)C)C[C@@]2(C)O. The van der Waals surface area contributed by atoms with E-state index < -0.39 is 17.3 Å². The van der Waals surface area contributed by atoms with Crippen LogP contribution in [0.25, 0.3) is 0 Å². The Morgan fingerprint density at radius 2 is 1.94 bits per heavy atom. The van der Waals surface area contributed by atoms with E-state index in [-0.39, 0.29) is 11.5 Å². The van der Waals surface area contributed by atoms with Crippen molar-refractivity contribution in [3.05, 3.63) is 12.2 Å². The van der Waals surface area contributed by atoms with E-state index in [2.05, 4.69) is 13.8 Å². The van der Waals surface area contributed by atoms with Gasteiger partial charge < -0.3 is 14.9 Å². The molecule has 16 heavy (non-hydrogen) atoms. The van der Waals surface area contributed by atoms with Crippen LogP contribution in [0.3, 0.4) is 0 Å². The van der Waals surface area contributed by atoms with Gasteiger partial charge >= 0.3 is 0 Å². The van der Waals surface area contributed by atoms with Gasteiger partial charge in [0.25, 0.3) is 0 Å². The molecule has 0 amide bonds. The summed E-state index contributed by atoms with van der Waals surface area (Å²) in [6.45, 7) is 7.77. The molecule has 2 aliphatic rings. The van der Waals surface area contributed by atoms with Crippen molar-refractivity contribution in [2.75, 3.05) is 0 Å². The van der Waals surface area contributed by atoms with Crippen molar-refractivity contribution in [2.45, 2.75) is 63.9 Å². The van der Waals surface area contributed by atoms with Crippen molar-refractivity contribution in [3.8, 4) is 0 Å². The highest BCUT2D eigenvalue weighted by molar-refractivity contribution is 5.27. The largest absolute Gasteiger partial charge is 0.389 e. The van der Waals surface area contributed by atoms with Crippen LogP contribution in [0.2, 0.25) is 0 Å². The van der Waals surface area contributed by atoms with E-state index in [1.54, 1.807) is 13.0 Å². The quantitative estimate of drug-likeness (QED) is 0.704. The molecule has 2 heterocycles. The zero-order valence-corrected chi connectivity index (χ0v) is 10.5. The lowest BCUT2D eigenvalue weighted by atomic mass is 9.61. The van der Waals surface area contributed by atoms with Crippen LogP contribution < -0.4 is 0 Å². The molecule has 2 rings (SSSR count). The van der Waals surface area contributed by atoms with Crippen LogP contribution in [-0.2, 0) is 4.74 Å². The highest BCUT2D eigenvalue weighted by Crippen LogP contribution is 2.60. The van der Waals surface area contributed by atoms with Gasteiger partial charge in [0.05, 0.1) is 17.8 Å². The summed E-state index contributed by atoms with van der Waals surface area (Å²) in [7, 11) is 0. The van der Waals surface area contributed by atoms with E-state index in [9.17, 15) is 10.2 Å². The van der Waals surface area contributed by atoms with Gasteiger partial charge in [-0.05, 0) is 20.3 Å². The molecule has 92 valence electrons. The monoisotopic (exact) mass is 226 g/mol. The molecule has 2 fully saturated rings. The molecule has 0 aromatic rings. The summed E-state index contributed by atoms with van der Waals surface area (Å²) in [5.41, 5.74) is -1.59. The number of hydrogen-bond acceptors (Lipinski definition) is 3. The van der Waals surface area contributed by atoms with Crippen LogP contribution in [0.1, 0.15) is 40.5 Å². The summed E-state index contributed by atoms with van der Waals surface area (Å²) in [6.07, 6.45) is 4.86. The fourth-order valence-corrected chi connectivity index (χ4v) is 3.47. The molecule has 3 nitrogen and oxygen atoms in total. The number of ether oxygens (including phenoxy) is 1. The maximum absolute atomic E-state index is 10.5. The highest BCUT2D eigenvalue weighted by atomic mass is 16.5. The molecule has 0 aromatic heterocycles. The molecule has 0 unspecified atom stereocenters. The number of hydrogen-bond donors (Lipinski definition) is 2. The third-order valence-corrected chi connectivity index (χ3v) is 4.13. The second-order valence-corrected chi connectivity index (χ2v) is 6.14. The van der Waals surface area contributed by atoms with Gasteiger partial charge in [-0.3, -0.25) is 0 Å². The lowest BCUT2D eigenvalue weighted by Crippen LogP contribution is -2.56. The third kappa shape index (κ3) is 1.45. The Bertz CT molecular complexity index is 297. The van der Waals surface area contributed by atoms with Gasteiger partial charge in [-0.15, -0.1) is 0 Å². The number of fused-ring (bicyclic) bond motifs is 2. The Morgan fingerprint density at radius 1 is 1.31 bits per heavy atom. The second kappa shape index (κ2) is 3.31. The average Bonchev–Trinajstić information content (AvgIpc) is 2.46. The maximum atomic E-state index is 10.5. The summed E-state index contributed by atoms with van der Waals surface area (Å²) < 4.78 is 5.99. The van der Waals surface area contributed by atoms with Crippen molar-refractivity contribution in [1.82, 2.24) is 0 Å². The topological polar surface area (TPSA) is 49.7 Å². The molecular formula is C13H22O3. The van der Waals surface area contributed by atoms with Gasteiger partial charge in [-0.1, -0.05) is 26.0 Å². The van der Waals surface area contributed by atoms with E-state index in [4.69, 9.17) is 4.74 Å². The molecule has 2 bridgehead atoms. The molecule has 0 spiro atoms. The Hall–Kier alpha value is -0.380. The van der Waals surface area contributed by atoms with Crippen molar-refractivity contribution >= 4 is 0 Å². The van der Waals surface area contributed by atoms with E-state index in [0.29, 0.717) is 6.42 Å². The van der Waals surface area contributed by atoms with Gasteiger partial charge in [0.15, 0.2) is 0 Å². The average molecular weight is 226 g/mol. The van der Waals surface area contributed by atoms with Crippen LogP contribution in [0.5, 0.6) is 0 Å². The predicted octanol–water partition coefficient (Wildman–Crippen LogP) is 1.63. The fourth-order valence-electron chi connectivity index (χ4n) is 3.47. The number of aliphatic hydroxyl groups excluding tert-OH is 1. The van der Waals surface area contributed by atoms with Crippen LogP contribution in [-0.4, -0.2) is 33.6 Å². The molecule has 2 aliphatic heterocycles. The van der Waals surface area contributed by atoms with Crippen LogP contribution in [0.15, 0.2) is 12.2 Å². The molecular weight excluding hydrogens is 204 g/mol. The first kappa shape index (κ1) is 12.1. The minimum atomic E-state index is -0.842. The van der Waals surface area contributed by atoms with Crippen molar-refractivity contribution in [1.29, 1.82) is 0 Å². The molecule has 0 aromatic carbocycles. The number of rotatable bonds is 2. The third-order valence-electron chi connectivity index (χ3n) is 4.13. The molecule has 3 heteroatoms. The van der Waals surface area contributed by atoms with Crippen molar-refractivity contribution < 1.29 is 14.9 Å². The molecule has 0 saturated carbocycles. The first-order valence-corrected chi connectivity index (χ1v) is 5.98. The molecule has 2 N–H and O–H groups in total. The highest BCUT2D eigenvalue weighted by Gasteiger charge is 2.67. The summed E-state index contributed by atoms with van der Waals surface area (Å²) in [4.78, 5) is 0. The van der Waals surface area contributed by atoms with Gasteiger partial charge in [0.2, 0.25) is 0 Å². The van der Waals surface area contributed by atoms with E-state index in [0.717, 1.165) is 6.42 Å². The maximum Gasteiger partial charge on any atom is 0.120 e. The van der Waals surface area contributed by atoms with Crippen molar-refractivity contribution in [3.63, 3.8) is 0 Å². The summed E-state index contributed by atoms with van der Waals surface area (Å²) in [5, 5.41) is 19.9. The van der Waals surface area contributed by atoms with Gasteiger partial charge in [-0.2, -0.15) is 0 Å². The van der Waals surface area contributed by atoms with Crippen LogP contribution in [0, 0.1) is 5.41 Å². The summed E-state index contributed by atoms with van der Waals surface area (Å²) in [6, 6.07) is 0. The first-order chi connectivity index (χ1) is 7.20. The van der Waals surface area contributed by atoms with E-state index in [1.807, 2.05) is 13.0 Å². The van der Waals surface area contributed by atoms with Crippen LogP contribution >= 0.6 is 0 Å². The fraction of sp³-hybridized carbons (Fsp3) is 0.846. The van der Waals surface area contributed by atoms with Gasteiger partial charge in [0.1, 0.15) is 5.60 Å². The number of aliphatic hydroxyl groups is 2. The molecule has 0 aliphatic carbocycles. The van der Waals surface area contributed by atoms with Gasteiger partial charge in [-0.25, -0.2) is 0 Å². The minimum Gasteiger partial charge on any atom is -0.389 e. The summed E-state index contributed by atoms with van der Waals surface area (Å²) >= 11 is 0. The molecule has 0 radical (unpaired) electrons. The first-order valence-electron chi connectivity index (χ1n) is 5.98. The smallest absolute Gasteiger partial charge is 0.120 e. The predicted molar refractivity (Wildman–Crippen MR) is 62.1 cm³/mol. The van der Waals surface area contributed by atoms with Crippen LogP contribution in [0.4, 0.5) is 0 Å². The molecule has 4 atom stereocenters. The van der Waals surface area contributed by atoms with Gasteiger partial charge in [0, 0.05) is 11.8 Å². The zero-order valence-electron chi connectivity index (χ0n) is 10.5. The minimum absolute atomic E-state index is 0.0925. The van der Waals surface area contributed by atoms with E-state index >= 15 is 0 Å². The standard InChI is InChI=1S/C13H22O3/c1-9(14)5-6-13-11(2,3)7-10(16-13)8-12(13,4)15/h5-6,9-10,14-15H,7-8H2,1-4H3/b6-5+/t9-,10+,12-,13-/m1/s1. The normalized spacial score (nSPS) is 47.8. The Labute approximate surface area is 97.1 Å². The van der Waals surface area contributed by atoms with Crippen molar-refractivity contribution in [2.24, 2.45) is 5.41 Å². The zero-order chi connectivity index (χ0) is 12.2. The van der Waals surface area contributed by atoms with E-state index in [1.165, 1.54) is 0 Å². The second-order valence-electron chi connectivity index (χ2n) is 6.14. The Morgan fingerprint density at radius 3 is 2.38 bits per heavy atom. The Kier molecular flexibility index (Phi) is 2.50. The Balaban J connectivity index is 2.40.